The first-order valence-corrected chi connectivity index (χ1v) is 8.33. The maximum atomic E-state index is 12.4. The van der Waals surface area contributed by atoms with Gasteiger partial charge in [0.15, 0.2) is 0 Å². The van der Waals surface area contributed by atoms with Crippen molar-refractivity contribution in [2.45, 2.75) is 27.3 Å². The molecular weight excluding hydrogens is 316 g/mol. The van der Waals surface area contributed by atoms with E-state index in [-0.39, 0.29) is 18.4 Å². The summed E-state index contributed by atoms with van der Waals surface area (Å²) in [5.74, 6) is 0.221. The van der Waals surface area contributed by atoms with Gasteiger partial charge >= 0.3 is 0 Å². The standard InChI is InChI=1S/C20H24N2O3/c1-4-25-19-12-8-7-11-18(19)21-20(24)14-22(16(3)23)13-17-10-6-5-9-15(17)2/h5-12H,4,13-14H2,1-3H3,(H,21,24). The second kappa shape index (κ2) is 8.87. The molecule has 0 saturated carbocycles. The number of rotatable bonds is 7. The van der Waals surface area contributed by atoms with E-state index < -0.39 is 0 Å². The van der Waals surface area contributed by atoms with Gasteiger partial charge in [0, 0.05) is 13.5 Å². The second-order valence-electron chi connectivity index (χ2n) is 5.78. The largest absolute Gasteiger partial charge is 0.492 e. The Morgan fingerprint density at radius 2 is 1.76 bits per heavy atom. The number of carbonyl (C=O) groups excluding carboxylic acids is 2. The van der Waals surface area contributed by atoms with Crippen molar-refractivity contribution in [3.05, 3.63) is 59.7 Å². The average molecular weight is 340 g/mol. The van der Waals surface area contributed by atoms with E-state index in [1.165, 1.54) is 11.8 Å². The first-order chi connectivity index (χ1) is 12.0. The molecule has 2 amide bonds. The van der Waals surface area contributed by atoms with Crippen molar-refractivity contribution in [1.29, 1.82) is 0 Å². The summed E-state index contributed by atoms with van der Waals surface area (Å²) in [5, 5.41) is 2.82. The fraction of sp³-hybridized carbons (Fsp3) is 0.300. The lowest BCUT2D eigenvalue weighted by atomic mass is 10.1. The van der Waals surface area contributed by atoms with Gasteiger partial charge in [0.1, 0.15) is 12.3 Å². The molecule has 0 spiro atoms. The molecule has 5 heteroatoms. The smallest absolute Gasteiger partial charge is 0.244 e. The minimum atomic E-state index is -0.254. The van der Waals surface area contributed by atoms with Crippen LogP contribution in [0.2, 0.25) is 0 Å². The topological polar surface area (TPSA) is 58.6 Å². The lowest BCUT2D eigenvalue weighted by Gasteiger charge is -2.22. The Kier molecular flexibility index (Phi) is 6.57. The van der Waals surface area contributed by atoms with E-state index in [1.807, 2.05) is 50.2 Å². The minimum absolute atomic E-state index is 0.00979. The molecule has 0 aliphatic carbocycles. The number of hydrogen-bond acceptors (Lipinski definition) is 3. The molecule has 0 saturated heterocycles. The predicted molar refractivity (Wildman–Crippen MR) is 98.5 cm³/mol. The summed E-state index contributed by atoms with van der Waals surface area (Å²) in [6, 6.07) is 15.1. The molecule has 132 valence electrons. The van der Waals surface area contributed by atoms with Crippen LogP contribution in [0.5, 0.6) is 5.75 Å². The molecule has 0 unspecified atom stereocenters. The zero-order valence-corrected chi connectivity index (χ0v) is 14.9. The van der Waals surface area contributed by atoms with Crippen molar-refractivity contribution in [2.75, 3.05) is 18.5 Å². The van der Waals surface area contributed by atoms with E-state index in [9.17, 15) is 9.59 Å². The summed E-state index contributed by atoms with van der Waals surface area (Å²) in [5.41, 5.74) is 2.73. The Labute approximate surface area is 148 Å². The molecule has 2 aromatic rings. The molecule has 0 aromatic heterocycles. The minimum Gasteiger partial charge on any atom is -0.492 e. The molecular formula is C20H24N2O3. The van der Waals surface area contributed by atoms with Crippen LogP contribution >= 0.6 is 0 Å². The fourth-order valence-electron chi connectivity index (χ4n) is 2.49. The van der Waals surface area contributed by atoms with Crippen LogP contribution in [0.3, 0.4) is 0 Å². The van der Waals surface area contributed by atoms with Crippen LogP contribution in [0.4, 0.5) is 5.69 Å². The number of anilines is 1. The number of nitrogens with zero attached hydrogens (tertiary/aromatic N) is 1. The maximum Gasteiger partial charge on any atom is 0.244 e. The third-order valence-corrected chi connectivity index (χ3v) is 3.86. The highest BCUT2D eigenvalue weighted by Crippen LogP contribution is 2.23. The Bertz CT molecular complexity index is 743. The highest BCUT2D eigenvalue weighted by Gasteiger charge is 2.16. The second-order valence-corrected chi connectivity index (χ2v) is 5.78. The van der Waals surface area contributed by atoms with Gasteiger partial charge in [0.05, 0.1) is 12.3 Å². The molecule has 1 N–H and O–H groups in total. The zero-order valence-electron chi connectivity index (χ0n) is 14.9. The van der Waals surface area contributed by atoms with Gasteiger partial charge in [0.2, 0.25) is 11.8 Å². The van der Waals surface area contributed by atoms with Crippen molar-refractivity contribution in [3.63, 3.8) is 0 Å². The van der Waals surface area contributed by atoms with Gasteiger partial charge in [-0.2, -0.15) is 0 Å². The van der Waals surface area contributed by atoms with Crippen LogP contribution in [0.25, 0.3) is 0 Å². The Morgan fingerprint density at radius 3 is 2.44 bits per heavy atom. The summed E-state index contributed by atoms with van der Waals surface area (Å²) in [6.45, 7) is 6.26. The van der Waals surface area contributed by atoms with E-state index in [1.54, 1.807) is 12.1 Å². The van der Waals surface area contributed by atoms with Crippen LogP contribution in [0.15, 0.2) is 48.5 Å². The van der Waals surface area contributed by atoms with Crippen molar-refractivity contribution >= 4 is 17.5 Å². The summed E-state index contributed by atoms with van der Waals surface area (Å²) < 4.78 is 5.51. The van der Waals surface area contributed by atoms with Gasteiger partial charge in [-0.3, -0.25) is 9.59 Å². The van der Waals surface area contributed by atoms with Gasteiger partial charge in [-0.1, -0.05) is 36.4 Å². The first-order valence-electron chi connectivity index (χ1n) is 8.33. The van der Waals surface area contributed by atoms with Crippen LogP contribution in [-0.2, 0) is 16.1 Å². The number of amides is 2. The van der Waals surface area contributed by atoms with E-state index >= 15 is 0 Å². The SMILES string of the molecule is CCOc1ccccc1NC(=O)CN(Cc1ccccc1C)C(C)=O. The van der Waals surface area contributed by atoms with Crippen molar-refractivity contribution in [1.82, 2.24) is 4.90 Å². The summed E-state index contributed by atoms with van der Waals surface area (Å²) >= 11 is 0. The van der Waals surface area contributed by atoms with Gasteiger partial charge in [-0.15, -0.1) is 0 Å². The molecule has 0 atom stereocenters. The fourth-order valence-corrected chi connectivity index (χ4v) is 2.49. The quantitative estimate of drug-likeness (QED) is 0.840. The molecule has 0 aliphatic rings. The lowest BCUT2D eigenvalue weighted by molar-refractivity contribution is -0.133. The summed E-state index contributed by atoms with van der Waals surface area (Å²) in [6.07, 6.45) is 0. The van der Waals surface area contributed by atoms with E-state index in [0.29, 0.717) is 24.6 Å². The summed E-state index contributed by atoms with van der Waals surface area (Å²) in [4.78, 5) is 25.9. The Morgan fingerprint density at radius 1 is 1.08 bits per heavy atom. The first kappa shape index (κ1) is 18.5. The number of nitrogens with one attached hydrogen (secondary N) is 1. The third kappa shape index (κ3) is 5.35. The average Bonchev–Trinajstić information content (AvgIpc) is 2.58. The molecule has 0 radical (unpaired) electrons. The predicted octanol–water partition coefficient (Wildman–Crippen LogP) is 3.38. The van der Waals surface area contributed by atoms with Gasteiger partial charge < -0.3 is 15.0 Å². The molecule has 2 aromatic carbocycles. The molecule has 2 rings (SSSR count). The van der Waals surface area contributed by atoms with Crippen LogP contribution in [0, 0.1) is 6.92 Å². The van der Waals surface area contributed by atoms with E-state index in [2.05, 4.69) is 5.32 Å². The highest BCUT2D eigenvalue weighted by molar-refractivity contribution is 5.95. The van der Waals surface area contributed by atoms with Crippen LogP contribution in [0.1, 0.15) is 25.0 Å². The number of carbonyl (C=O) groups is 2. The maximum absolute atomic E-state index is 12.4. The highest BCUT2D eigenvalue weighted by atomic mass is 16.5. The normalized spacial score (nSPS) is 10.2. The number of aryl methyl sites for hydroxylation is 1. The van der Waals surface area contributed by atoms with Gasteiger partial charge in [-0.05, 0) is 37.1 Å². The zero-order chi connectivity index (χ0) is 18.2. The molecule has 5 nitrogen and oxygen atoms in total. The lowest BCUT2D eigenvalue weighted by Crippen LogP contribution is -2.36. The molecule has 25 heavy (non-hydrogen) atoms. The summed E-state index contributed by atoms with van der Waals surface area (Å²) in [7, 11) is 0. The number of hydrogen-bond donors (Lipinski definition) is 1. The van der Waals surface area contributed by atoms with Crippen molar-refractivity contribution < 1.29 is 14.3 Å². The molecule has 0 bridgehead atoms. The van der Waals surface area contributed by atoms with Crippen LogP contribution < -0.4 is 10.1 Å². The van der Waals surface area contributed by atoms with Crippen molar-refractivity contribution in [3.8, 4) is 5.75 Å². The van der Waals surface area contributed by atoms with Crippen LogP contribution in [-0.4, -0.2) is 29.9 Å². The van der Waals surface area contributed by atoms with Crippen molar-refractivity contribution in [2.24, 2.45) is 0 Å². The molecule has 0 heterocycles. The Hall–Kier alpha value is -2.82. The Balaban J connectivity index is 2.06. The number of para-hydroxylation sites is 2. The third-order valence-electron chi connectivity index (χ3n) is 3.86. The van der Waals surface area contributed by atoms with Gasteiger partial charge in [-0.25, -0.2) is 0 Å². The van der Waals surface area contributed by atoms with E-state index in [0.717, 1.165) is 11.1 Å². The van der Waals surface area contributed by atoms with E-state index in [4.69, 9.17) is 4.74 Å². The monoisotopic (exact) mass is 340 g/mol. The number of ether oxygens (including phenoxy) is 1. The molecule has 0 fully saturated rings. The van der Waals surface area contributed by atoms with Gasteiger partial charge in [0.25, 0.3) is 0 Å². The number of benzene rings is 2. The molecule has 0 aliphatic heterocycles.